The van der Waals surface area contributed by atoms with Crippen LogP contribution in [-0.2, 0) is 6.42 Å². The van der Waals surface area contributed by atoms with Gasteiger partial charge >= 0.3 is 0 Å². The topological polar surface area (TPSA) is 75.9 Å². The number of methoxy groups -OCH3 is 1. The van der Waals surface area contributed by atoms with Crippen molar-refractivity contribution in [2.75, 3.05) is 39.8 Å². The molecule has 0 N–H and O–H groups in total. The summed E-state index contributed by atoms with van der Waals surface area (Å²) >= 11 is 0. The van der Waals surface area contributed by atoms with Gasteiger partial charge in [0.2, 0.25) is 0 Å². The van der Waals surface area contributed by atoms with Crippen LogP contribution in [0.25, 0.3) is 0 Å². The molecular formula is C20H23N3O4. The van der Waals surface area contributed by atoms with Gasteiger partial charge in [-0.3, -0.25) is 19.8 Å². The Balaban J connectivity index is 1.51. The Morgan fingerprint density at radius 3 is 2.56 bits per heavy atom. The summed E-state index contributed by atoms with van der Waals surface area (Å²) in [5.41, 5.74) is 1.54. The molecule has 7 heteroatoms. The van der Waals surface area contributed by atoms with Gasteiger partial charge in [0.05, 0.1) is 12.0 Å². The van der Waals surface area contributed by atoms with Crippen molar-refractivity contribution in [3.63, 3.8) is 0 Å². The van der Waals surface area contributed by atoms with E-state index < -0.39 is 4.92 Å². The summed E-state index contributed by atoms with van der Waals surface area (Å²) in [7, 11) is 1.66. The van der Waals surface area contributed by atoms with Crippen LogP contribution in [0.15, 0.2) is 48.5 Å². The molecule has 2 aromatic rings. The molecule has 0 aliphatic carbocycles. The fraction of sp³-hybridized carbons (Fsp3) is 0.350. The SMILES string of the molecule is COc1cccc(CCN2CCN(C(=O)c3cccc([N+](=O)[O-])c3)CC2)c1. The monoisotopic (exact) mass is 369 g/mol. The minimum Gasteiger partial charge on any atom is -0.497 e. The average Bonchev–Trinajstić information content (AvgIpc) is 2.72. The van der Waals surface area contributed by atoms with Gasteiger partial charge < -0.3 is 9.64 Å². The van der Waals surface area contributed by atoms with Crippen molar-refractivity contribution in [1.82, 2.24) is 9.80 Å². The van der Waals surface area contributed by atoms with Gasteiger partial charge in [-0.2, -0.15) is 0 Å². The molecule has 3 rings (SSSR count). The van der Waals surface area contributed by atoms with E-state index in [1.807, 2.05) is 18.2 Å². The van der Waals surface area contributed by atoms with E-state index in [1.165, 1.54) is 17.7 Å². The Morgan fingerprint density at radius 2 is 1.85 bits per heavy atom. The van der Waals surface area contributed by atoms with E-state index in [0.29, 0.717) is 18.7 Å². The highest BCUT2D eigenvalue weighted by atomic mass is 16.6. The molecule has 7 nitrogen and oxygen atoms in total. The van der Waals surface area contributed by atoms with E-state index in [2.05, 4.69) is 11.0 Å². The number of nitro benzene ring substituents is 1. The second kappa shape index (κ2) is 8.64. The van der Waals surface area contributed by atoms with Crippen LogP contribution in [-0.4, -0.2) is 60.5 Å². The van der Waals surface area contributed by atoms with Crippen LogP contribution in [0.2, 0.25) is 0 Å². The highest BCUT2D eigenvalue weighted by molar-refractivity contribution is 5.94. The average molecular weight is 369 g/mol. The maximum Gasteiger partial charge on any atom is 0.270 e. The predicted molar refractivity (Wildman–Crippen MR) is 102 cm³/mol. The summed E-state index contributed by atoms with van der Waals surface area (Å²) < 4.78 is 5.25. The number of nitrogens with zero attached hydrogens (tertiary/aromatic N) is 3. The molecule has 0 saturated carbocycles. The number of benzene rings is 2. The fourth-order valence-corrected chi connectivity index (χ4v) is 3.22. The van der Waals surface area contributed by atoms with E-state index in [9.17, 15) is 14.9 Å². The van der Waals surface area contributed by atoms with Gasteiger partial charge in [-0.15, -0.1) is 0 Å². The molecule has 1 heterocycles. The second-order valence-corrected chi connectivity index (χ2v) is 6.54. The molecule has 0 aromatic heterocycles. The van der Waals surface area contributed by atoms with Crippen molar-refractivity contribution in [2.45, 2.75) is 6.42 Å². The van der Waals surface area contributed by atoms with Crippen LogP contribution in [0.1, 0.15) is 15.9 Å². The molecule has 27 heavy (non-hydrogen) atoms. The smallest absolute Gasteiger partial charge is 0.270 e. The number of piperazine rings is 1. The number of non-ortho nitro benzene ring substituents is 1. The number of rotatable bonds is 6. The summed E-state index contributed by atoms with van der Waals surface area (Å²) in [4.78, 5) is 27.1. The molecule has 1 amide bonds. The molecule has 0 spiro atoms. The number of ether oxygens (including phenoxy) is 1. The van der Waals surface area contributed by atoms with Gasteiger partial charge in [0, 0.05) is 50.4 Å². The zero-order valence-corrected chi connectivity index (χ0v) is 15.3. The van der Waals surface area contributed by atoms with E-state index in [0.717, 1.165) is 31.8 Å². The van der Waals surface area contributed by atoms with Crippen molar-refractivity contribution in [3.05, 3.63) is 69.8 Å². The minimum absolute atomic E-state index is 0.0576. The van der Waals surface area contributed by atoms with Gasteiger partial charge in [0.15, 0.2) is 0 Å². The van der Waals surface area contributed by atoms with Gasteiger partial charge in [-0.1, -0.05) is 18.2 Å². The van der Waals surface area contributed by atoms with Crippen molar-refractivity contribution in [3.8, 4) is 5.75 Å². The van der Waals surface area contributed by atoms with Crippen LogP contribution in [0.5, 0.6) is 5.75 Å². The molecular weight excluding hydrogens is 346 g/mol. The zero-order valence-electron chi connectivity index (χ0n) is 15.3. The first kappa shape index (κ1) is 18.8. The lowest BCUT2D eigenvalue weighted by molar-refractivity contribution is -0.384. The summed E-state index contributed by atoms with van der Waals surface area (Å²) in [5.74, 6) is 0.714. The molecule has 142 valence electrons. The first-order valence-corrected chi connectivity index (χ1v) is 8.96. The first-order valence-electron chi connectivity index (χ1n) is 8.96. The largest absolute Gasteiger partial charge is 0.497 e. The van der Waals surface area contributed by atoms with Crippen LogP contribution in [0, 0.1) is 10.1 Å². The number of nitro groups is 1. The summed E-state index contributed by atoms with van der Waals surface area (Å²) in [6.07, 6.45) is 0.927. The quantitative estimate of drug-likeness (QED) is 0.578. The van der Waals surface area contributed by atoms with E-state index in [4.69, 9.17) is 4.74 Å². The Bertz CT molecular complexity index is 816. The van der Waals surface area contributed by atoms with Gasteiger partial charge in [0.1, 0.15) is 5.75 Å². The normalized spacial score (nSPS) is 14.8. The molecule has 1 saturated heterocycles. The van der Waals surface area contributed by atoms with Gasteiger partial charge in [-0.05, 0) is 30.2 Å². The number of amides is 1. The lowest BCUT2D eigenvalue weighted by atomic mass is 10.1. The highest BCUT2D eigenvalue weighted by Gasteiger charge is 2.23. The lowest BCUT2D eigenvalue weighted by Crippen LogP contribution is -2.49. The highest BCUT2D eigenvalue weighted by Crippen LogP contribution is 2.17. The number of hydrogen-bond acceptors (Lipinski definition) is 5. The third-order valence-corrected chi connectivity index (χ3v) is 4.81. The predicted octanol–water partition coefficient (Wildman–Crippen LogP) is 2.60. The number of hydrogen-bond donors (Lipinski definition) is 0. The summed E-state index contributed by atoms with van der Waals surface area (Å²) in [5, 5.41) is 10.9. The second-order valence-electron chi connectivity index (χ2n) is 6.54. The molecule has 0 unspecified atom stereocenters. The Labute approximate surface area is 158 Å². The van der Waals surface area contributed by atoms with Crippen LogP contribution in [0.3, 0.4) is 0 Å². The maximum atomic E-state index is 12.6. The standard InChI is InChI=1S/C20H23N3O4/c1-27-19-7-2-4-16(14-19)8-9-21-10-12-22(13-11-21)20(24)17-5-3-6-18(15-17)23(25)26/h2-7,14-15H,8-13H2,1H3. The molecule has 1 aliphatic rings. The summed E-state index contributed by atoms with van der Waals surface area (Å²) in [6, 6.07) is 14.0. The van der Waals surface area contributed by atoms with Crippen molar-refractivity contribution in [1.29, 1.82) is 0 Å². The van der Waals surface area contributed by atoms with Crippen LogP contribution >= 0.6 is 0 Å². The van der Waals surface area contributed by atoms with Crippen LogP contribution in [0.4, 0.5) is 5.69 Å². The number of carbonyl (C=O) groups excluding carboxylic acids is 1. The minimum atomic E-state index is -0.479. The fourth-order valence-electron chi connectivity index (χ4n) is 3.22. The number of carbonyl (C=O) groups is 1. The van der Waals surface area contributed by atoms with E-state index in [1.54, 1.807) is 24.1 Å². The third kappa shape index (κ3) is 4.83. The molecule has 0 bridgehead atoms. The lowest BCUT2D eigenvalue weighted by Gasteiger charge is -2.34. The maximum absolute atomic E-state index is 12.6. The van der Waals surface area contributed by atoms with E-state index >= 15 is 0 Å². The Hall–Kier alpha value is -2.93. The van der Waals surface area contributed by atoms with Crippen LogP contribution < -0.4 is 4.74 Å². The van der Waals surface area contributed by atoms with Gasteiger partial charge in [-0.25, -0.2) is 0 Å². The molecule has 0 atom stereocenters. The third-order valence-electron chi connectivity index (χ3n) is 4.81. The molecule has 2 aromatic carbocycles. The van der Waals surface area contributed by atoms with Crippen molar-refractivity contribution < 1.29 is 14.5 Å². The van der Waals surface area contributed by atoms with E-state index in [-0.39, 0.29) is 11.6 Å². The first-order chi connectivity index (χ1) is 13.1. The zero-order chi connectivity index (χ0) is 19.2. The Morgan fingerprint density at radius 1 is 1.11 bits per heavy atom. The van der Waals surface area contributed by atoms with Crippen molar-refractivity contribution >= 4 is 11.6 Å². The summed E-state index contributed by atoms with van der Waals surface area (Å²) in [6.45, 7) is 3.76. The molecule has 1 fully saturated rings. The molecule has 1 aliphatic heterocycles. The Kier molecular flexibility index (Phi) is 6.03. The van der Waals surface area contributed by atoms with Crippen molar-refractivity contribution in [2.24, 2.45) is 0 Å². The molecule has 0 radical (unpaired) electrons. The van der Waals surface area contributed by atoms with Gasteiger partial charge in [0.25, 0.3) is 11.6 Å².